The number of nitrogens with one attached hydrogen (secondary N) is 2. The minimum atomic E-state index is -0.181. The molecule has 7 heteroatoms. The molecule has 0 spiro atoms. The molecule has 1 aromatic carbocycles. The number of anilines is 1. The van der Waals surface area contributed by atoms with Gasteiger partial charge < -0.3 is 24.9 Å². The van der Waals surface area contributed by atoms with Crippen LogP contribution in [0.1, 0.15) is 41.8 Å². The second-order valence-corrected chi connectivity index (χ2v) is 7.40. The Morgan fingerprint density at radius 3 is 2.69 bits per heavy atom. The van der Waals surface area contributed by atoms with E-state index < -0.39 is 0 Å². The van der Waals surface area contributed by atoms with E-state index >= 15 is 0 Å². The fourth-order valence-electron chi connectivity index (χ4n) is 3.79. The molecule has 29 heavy (non-hydrogen) atoms. The lowest BCUT2D eigenvalue weighted by molar-refractivity contribution is 0.0963. The van der Waals surface area contributed by atoms with E-state index in [1.807, 2.05) is 18.2 Å². The number of rotatable bonds is 5. The highest BCUT2D eigenvalue weighted by Gasteiger charge is 2.20. The molecular formula is C22H25N3O4. The van der Waals surface area contributed by atoms with Crippen molar-refractivity contribution >= 4 is 22.7 Å². The largest absolute Gasteiger partial charge is 0.460 e. The minimum absolute atomic E-state index is 0.171. The van der Waals surface area contributed by atoms with Crippen LogP contribution in [0.3, 0.4) is 0 Å². The van der Waals surface area contributed by atoms with Crippen molar-refractivity contribution in [1.82, 2.24) is 10.3 Å². The monoisotopic (exact) mass is 395 g/mol. The standard InChI is InChI=1S/C22H25N3O4/c1-13-21(22(27)23-2)18-8-7-16(11-19(18)28-13)29-17-9-10-24-20(12-17)25-14-3-5-15(26)6-4-14/h7-12,14-15,26H,3-6H2,1-2H3,(H,23,27)(H,24,25). The van der Waals surface area contributed by atoms with E-state index in [1.54, 1.807) is 32.3 Å². The number of hydrogen-bond acceptors (Lipinski definition) is 6. The van der Waals surface area contributed by atoms with Crippen LogP contribution in [0.25, 0.3) is 11.0 Å². The lowest BCUT2D eigenvalue weighted by Gasteiger charge is -2.26. The number of amides is 1. The number of carbonyl (C=O) groups is 1. The maximum Gasteiger partial charge on any atom is 0.255 e. The average Bonchev–Trinajstić information content (AvgIpc) is 3.04. The zero-order valence-electron chi connectivity index (χ0n) is 16.6. The molecule has 1 fully saturated rings. The number of nitrogens with zero attached hydrogens (tertiary/aromatic N) is 1. The summed E-state index contributed by atoms with van der Waals surface area (Å²) in [4.78, 5) is 16.4. The Kier molecular flexibility index (Phi) is 5.40. The number of furan rings is 1. The average molecular weight is 395 g/mol. The Morgan fingerprint density at radius 1 is 1.17 bits per heavy atom. The maximum atomic E-state index is 12.1. The molecule has 2 aromatic heterocycles. The van der Waals surface area contributed by atoms with E-state index in [0.717, 1.165) is 36.9 Å². The van der Waals surface area contributed by atoms with Gasteiger partial charge in [0.15, 0.2) is 0 Å². The molecular weight excluding hydrogens is 370 g/mol. The number of benzene rings is 1. The first-order valence-electron chi connectivity index (χ1n) is 9.87. The van der Waals surface area contributed by atoms with Gasteiger partial charge in [0.1, 0.15) is 28.7 Å². The number of pyridine rings is 1. The van der Waals surface area contributed by atoms with Gasteiger partial charge in [-0.2, -0.15) is 0 Å². The Balaban J connectivity index is 1.50. The number of carbonyl (C=O) groups excluding carboxylic acids is 1. The summed E-state index contributed by atoms with van der Waals surface area (Å²) in [5.41, 5.74) is 1.15. The summed E-state index contributed by atoms with van der Waals surface area (Å²) in [6.07, 6.45) is 5.00. The third-order valence-corrected chi connectivity index (χ3v) is 5.31. The molecule has 7 nitrogen and oxygen atoms in total. The first kappa shape index (κ1) is 19.3. The Hall–Kier alpha value is -3.06. The summed E-state index contributed by atoms with van der Waals surface area (Å²) in [5, 5.41) is 16.5. The Labute approximate surface area is 169 Å². The molecule has 0 atom stereocenters. The topological polar surface area (TPSA) is 96.6 Å². The van der Waals surface area contributed by atoms with Crippen LogP contribution in [0.5, 0.6) is 11.5 Å². The molecule has 152 valence electrons. The zero-order chi connectivity index (χ0) is 20.4. The first-order chi connectivity index (χ1) is 14.0. The number of aliphatic hydroxyl groups excluding tert-OH is 1. The molecule has 4 rings (SSSR count). The number of ether oxygens (including phenoxy) is 1. The lowest BCUT2D eigenvalue weighted by Crippen LogP contribution is -2.28. The lowest BCUT2D eigenvalue weighted by atomic mass is 9.93. The summed E-state index contributed by atoms with van der Waals surface area (Å²) < 4.78 is 11.7. The SMILES string of the molecule is CNC(=O)c1c(C)oc2cc(Oc3ccnc(NC4CCC(O)CC4)c3)ccc12. The minimum Gasteiger partial charge on any atom is -0.460 e. The molecule has 0 saturated heterocycles. The van der Waals surface area contributed by atoms with Gasteiger partial charge in [-0.1, -0.05) is 0 Å². The molecule has 1 saturated carbocycles. The highest BCUT2D eigenvalue weighted by molar-refractivity contribution is 6.07. The highest BCUT2D eigenvalue weighted by Crippen LogP contribution is 2.31. The fourth-order valence-corrected chi connectivity index (χ4v) is 3.79. The van der Waals surface area contributed by atoms with Crippen molar-refractivity contribution in [1.29, 1.82) is 0 Å². The molecule has 1 amide bonds. The molecule has 0 unspecified atom stereocenters. The number of fused-ring (bicyclic) bond motifs is 1. The maximum absolute atomic E-state index is 12.1. The van der Waals surface area contributed by atoms with Gasteiger partial charge in [0.25, 0.3) is 5.91 Å². The van der Waals surface area contributed by atoms with Crippen LogP contribution in [0.15, 0.2) is 40.9 Å². The summed E-state index contributed by atoms with van der Waals surface area (Å²) in [6.45, 7) is 1.77. The molecule has 3 aromatic rings. The normalized spacial score (nSPS) is 19.1. The first-order valence-corrected chi connectivity index (χ1v) is 9.87. The quantitative estimate of drug-likeness (QED) is 0.604. The van der Waals surface area contributed by atoms with Gasteiger partial charge in [0, 0.05) is 36.8 Å². The molecule has 3 N–H and O–H groups in total. The van der Waals surface area contributed by atoms with Crippen molar-refractivity contribution in [2.24, 2.45) is 0 Å². The Morgan fingerprint density at radius 2 is 1.93 bits per heavy atom. The second-order valence-electron chi connectivity index (χ2n) is 7.40. The van der Waals surface area contributed by atoms with Crippen LogP contribution in [0.4, 0.5) is 5.82 Å². The number of aryl methyl sites for hydroxylation is 1. The van der Waals surface area contributed by atoms with Gasteiger partial charge in [0.05, 0.1) is 11.7 Å². The smallest absolute Gasteiger partial charge is 0.255 e. The van der Waals surface area contributed by atoms with Crippen molar-refractivity contribution in [2.45, 2.75) is 44.8 Å². The molecule has 0 radical (unpaired) electrons. The van der Waals surface area contributed by atoms with Crippen LogP contribution >= 0.6 is 0 Å². The van der Waals surface area contributed by atoms with Crippen LogP contribution in [0, 0.1) is 6.92 Å². The predicted molar refractivity (Wildman–Crippen MR) is 111 cm³/mol. The van der Waals surface area contributed by atoms with Gasteiger partial charge >= 0.3 is 0 Å². The fraction of sp³-hybridized carbons (Fsp3) is 0.364. The summed E-state index contributed by atoms with van der Waals surface area (Å²) in [5.74, 6) is 2.43. The molecule has 1 aliphatic rings. The highest BCUT2D eigenvalue weighted by atomic mass is 16.5. The van der Waals surface area contributed by atoms with Crippen LogP contribution in [0.2, 0.25) is 0 Å². The Bertz CT molecular complexity index is 1020. The summed E-state index contributed by atoms with van der Waals surface area (Å²) >= 11 is 0. The van der Waals surface area contributed by atoms with E-state index in [9.17, 15) is 9.90 Å². The third kappa shape index (κ3) is 4.19. The van der Waals surface area contributed by atoms with Crippen LogP contribution in [-0.2, 0) is 0 Å². The van der Waals surface area contributed by atoms with Crippen molar-refractivity contribution in [3.8, 4) is 11.5 Å². The zero-order valence-corrected chi connectivity index (χ0v) is 16.6. The molecule has 0 bridgehead atoms. The van der Waals surface area contributed by atoms with E-state index in [1.165, 1.54) is 0 Å². The number of hydrogen-bond donors (Lipinski definition) is 3. The van der Waals surface area contributed by atoms with Crippen molar-refractivity contribution < 1.29 is 19.1 Å². The van der Waals surface area contributed by atoms with Crippen LogP contribution in [-0.4, -0.2) is 35.2 Å². The van der Waals surface area contributed by atoms with Crippen molar-refractivity contribution in [3.63, 3.8) is 0 Å². The second kappa shape index (κ2) is 8.13. The van der Waals surface area contributed by atoms with Gasteiger partial charge in [-0.05, 0) is 50.8 Å². The third-order valence-electron chi connectivity index (χ3n) is 5.31. The van der Waals surface area contributed by atoms with E-state index in [4.69, 9.17) is 9.15 Å². The van der Waals surface area contributed by atoms with Gasteiger partial charge in [-0.25, -0.2) is 4.98 Å². The number of aliphatic hydroxyl groups is 1. The summed E-state index contributed by atoms with van der Waals surface area (Å²) in [6, 6.07) is 9.40. The molecule has 0 aliphatic heterocycles. The van der Waals surface area contributed by atoms with E-state index in [-0.39, 0.29) is 12.0 Å². The number of aromatic nitrogens is 1. The van der Waals surface area contributed by atoms with Crippen molar-refractivity contribution in [3.05, 3.63) is 47.9 Å². The predicted octanol–water partition coefficient (Wildman–Crippen LogP) is 4.00. The molecule has 1 aliphatic carbocycles. The summed E-state index contributed by atoms with van der Waals surface area (Å²) in [7, 11) is 1.60. The van der Waals surface area contributed by atoms with E-state index in [2.05, 4.69) is 15.6 Å². The van der Waals surface area contributed by atoms with Crippen molar-refractivity contribution in [2.75, 3.05) is 12.4 Å². The molecule has 2 heterocycles. The van der Waals surface area contributed by atoms with Gasteiger partial charge in [0.2, 0.25) is 0 Å². The van der Waals surface area contributed by atoms with Gasteiger partial charge in [-0.15, -0.1) is 0 Å². The van der Waals surface area contributed by atoms with Gasteiger partial charge in [-0.3, -0.25) is 4.79 Å². The van der Waals surface area contributed by atoms with Crippen LogP contribution < -0.4 is 15.4 Å². The van der Waals surface area contributed by atoms with E-state index in [0.29, 0.717) is 34.4 Å².